The molecule has 3 aromatic rings. The van der Waals surface area contributed by atoms with E-state index in [1.807, 2.05) is 36.4 Å². The van der Waals surface area contributed by atoms with E-state index in [9.17, 15) is 4.79 Å². The summed E-state index contributed by atoms with van der Waals surface area (Å²) in [5.41, 5.74) is 2.99. The van der Waals surface area contributed by atoms with Crippen LogP contribution < -0.4 is 15.1 Å². The summed E-state index contributed by atoms with van der Waals surface area (Å²) in [5.74, 6) is 1.57. The number of fused-ring (bicyclic) bond motifs is 3. The Bertz CT molecular complexity index is 1020. The van der Waals surface area contributed by atoms with Gasteiger partial charge in [0.15, 0.2) is 0 Å². The predicted molar refractivity (Wildman–Crippen MR) is 105 cm³/mol. The Morgan fingerprint density at radius 1 is 1.19 bits per heavy atom. The zero-order chi connectivity index (χ0) is 19.0. The molecule has 27 heavy (non-hydrogen) atoms. The Hall–Kier alpha value is -2.79. The van der Waals surface area contributed by atoms with E-state index in [0.29, 0.717) is 24.9 Å². The molecular formula is C22H23NO4. The predicted octanol–water partition coefficient (Wildman–Crippen LogP) is 4.42. The van der Waals surface area contributed by atoms with Crippen molar-refractivity contribution in [2.24, 2.45) is 0 Å². The first kappa shape index (κ1) is 17.6. The van der Waals surface area contributed by atoms with Crippen molar-refractivity contribution in [3.8, 4) is 22.6 Å². The number of hydrogen-bond acceptors (Lipinski definition) is 5. The minimum atomic E-state index is -0.359. The SMILES string of the molecule is CC[C@H](C)N1COc2ccc3c(-c4ccc(OC)cc4)cc(=O)oc3c2C1. The molecule has 0 N–H and O–H groups in total. The third-order valence-electron chi connectivity index (χ3n) is 5.33. The number of rotatable bonds is 4. The van der Waals surface area contributed by atoms with Crippen molar-refractivity contribution in [1.82, 2.24) is 4.90 Å². The van der Waals surface area contributed by atoms with E-state index in [-0.39, 0.29) is 5.63 Å². The average Bonchev–Trinajstić information content (AvgIpc) is 2.72. The fourth-order valence-corrected chi connectivity index (χ4v) is 3.50. The third kappa shape index (κ3) is 3.19. The van der Waals surface area contributed by atoms with E-state index >= 15 is 0 Å². The van der Waals surface area contributed by atoms with Gasteiger partial charge in [0.25, 0.3) is 0 Å². The second kappa shape index (κ2) is 7.08. The Balaban J connectivity index is 1.87. The molecule has 140 valence electrons. The van der Waals surface area contributed by atoms with Gasteiger partial charge in [-0.2, -0.15) is 0 Å². The van der Waals surface area contributed by atoms with Gasteiger partial charge in [-0.25, -0.2) is 4.79 Å². The maximum Gasteiger partial charge on any atom is 0.336 e. The molecular weight excluding hydrogens is 342 g/mol. The Morgan fingerprint density at radius 2 is 1.96 bits per heavy atom. The van der Waals surface area contributed by atoms with Crippen molar-refractivity contribution in [2.45, 2.75) is 32.9 Å². The average molecular weight is 365 g/mol. The molecule has 1 aromatic heterocycles. The van der Waals surface area contributed by atoms with Crippen LogP contribution in [0.15, 0.2) is 51.7 Å². The van der Waals surface area contributed by atoms with Crippen LogP contribution in [0.5, 0.6) is 11.5 Å². The largest absolute Gasteiger partial charge is 0.497 e. The number of nitrogens with zero attached hydrogens (tertiary/aromatic N) is 1. The second-order valence-electron chi connectivity index (χ2n) is 6.90. The molecule has 0 unspecified atom stereocenters. The molecule has 0 spiro atoms. The summed E-state index contributed by atoms with van der Waals surface area (Å²) in [6, 6.07) is 13.6. The lowest BCUT2D eigenvalue weighted by atomic mass is 9.99. The number of benzene rings is 2. The van der Waals surface area contributed by atoms with Gasteiger partial charge in [-0.1, -0.05) is 19.1 Å². The standard InChI is InChI=1S/C22H23NO4/c1-4-14(2)23-12-19-20(26-13-23)10-9-17-18(11-21(24)27-22(17)19)15-5-7-16(25-3)8-6-15/h5-11,14H,4,12-13H2,1-3H3/t14-/m0/s1. The summed E-state index contributed by atoms with van der Waals surface area (Å²) in [6.45, 7) is 5.59. The van der Waals surface area contributed by atoms with Crippen molar-refractivity contribution in [3.05, 3.63) is 58.4 Å². The topological polar surface area (TPSA) is 51.9 Å². The van der Waals surface area contributed by atoms with E-state index in [1.54, 1.807) is 13.2 Å². The van der Waals surface area contributed by atoms with E-state index in [4.69, 9.17) is 13.9 Å². The molecule has 5 heteroatoms. The molecule has 0 bridgehead atoms. The van der Waals surface area contributed by atoms with Crippen molar-refractivity contribution in [3.63, 3.8) is 0 Å². The fourth-order valence-electron chi connectivity index (χ4n) is 3.50. The normalized spacial score (nSPS) is 15.2. The number of methoxy groups -OCH3 is 1. The first-order valence-corrected chi connectivity index (χ1v) is 9.21. The zero-order valence-corrected chi connectivity index (χ0v) is 15.8. The molecule has 2 aromatic carbocycles. The highest BCUT2D eigenvalue weighted by molar-refractivity contribution is 5.95. The molecule has 0 fully saturated rings. The van der Waals surface area contributed by atoms with Gasteiger partial charge in [-0.15, -0.1) is 0 Å². The van der Waals surface area contributed by atoms with Crippen LogP contribution >= 0.6 is 0 Å². The van der Waals surface area contributed by atoms with Gasteiger partial charge in [-0.05, 0) is 48.7 Å². The highest BCUT2D eigenvalue weighted by atomic mass is 16.5. The molecule has 0 saturated carbocycles. The van der Waals surface area contributed by atoms with E-state index in [1.165, 1.54) is 0 Å². The van der Waals surface area contributed by atoms with E-state index in [2.05, 4.69) is 18.7 Å². The molecule has 2 heterocycles. The fraction of sp³-hybridized carbons (Fsp3) is 0.318. The van der Waals surface area contributed by atoms with Crippen LogP contribution in [0.3, 0.4) is 0 Å². The lowest BCUT2D eigenvalue weighted by Crippen LogP contribution is -2.38. The zero-order valence-electron chi connectivity index (χ0n) is 15.8. The maximum absolute atomic E-state index is 12.3. The van der Waals surface area contributed by atoms with Gasteiger partial charge in [0.1, 0.15) is 23.8 Å². The molecule has 5 nitrogen and oxygen atoms in total. The highest BCUT2D eigenvalue weighted by Crippen LogP contribution is 2.36. The molecule has 1 aliphatic rings. The maximum atomic E-state index is 12.3. The first-order valence-electron chi connectivity index (χ1n) is 9.21. The molecule has 0 amide bonds. The van der Waals surface area contributed by atoms with Crippen LogP contribution in [0.1, 0.15) is 25.8 Å². The Labute approximate surface area is 158 Å². The summed E-state index contributed by atoms with van der Waals surface area (Å²) in [5, 5.41) is 0.910. The quantitative estimate of drug-likeness (QED) is 0.641. The summed E-state index contributed by atoms with van der Waals surface area (Å²) < 4.78 is 16.8. The summed E-state index contributed by atoms with van der Waals surface area (Å²) in [4.78, 5) is 14.6. The minimum Gasteiger partial charge on any atom is -0.497 e. The molecule has 4 rings (SSSR count). The molecule has 0 radical (unpaired) electrons. The van der Waals surface area contributed by atoms with Crippen LogP contribution in [0.25, 0.3) is 22.1 Å². The van der Waals surface area contributed by atoms with E-state index in [0.717, 1.165) is 40.0 Å². The van der Waals surface area contributed by atoms with Gasteiger partial charge in [0.05, 0.1) is 12.7 Å². The number of ether oxygens (including phenoxy) is 2. The van der Waals surface area contributed by atoms with Gasteiger partial charge in [0.2, 0.25) is 0 Å². The Morgan fingerprint density at radius 3 is 2.67 bits per heavy atom. The molecule has 0 saturated heterocycles. The second-order valence-corrected chi connectivity index (χ2v) is 6.90. The Kier molecular flexibility index (Phi) is 4.62. The lowest BCUT2D eigenvalue weighted by Gasteiger charge is -2.33. The smallest absolute Gasteiger partial charge is 0.336 e. The summed E-state index contributed by atoms with van der Waals surface area (Å²) >= 11 is 0. The van der Waals surface area contributed by atoms with E-state index < -0.39 is 0 Å². The highest BCUT2D eigenvalue weighted by Gasteiger charge is 2.25. The van der Waals surface area contributed by atoms with Crippen LogP contribution in [-0.2, 0) is 6.54 Å². The van der Waals surface area contributed by atoms with Gasteiger partial charge >= 0.3 is 5.63 Å². The lowest BCUT2D eigenvalue weighted by molar-refractivity contribution is 0.0609. The summed E-state index contributed by atoms with van der Waals surface area (Å²) in [6.07, 6.45) is 1.03. The van der Waals surface area contributed by atoms with Gasteiger partial charge < -0.3 is 13.9 Å². The first-order chi connectivity index (χ1) is 13.1. The third-order valence-corrected chi connectivity index (χ3v) is 5.33. The van der Waals surface area contributed by atoms with Crippen LogP contribution in [0.4, 0.5) is 0 Å². The summed E-state index contributed by atoms with van der Waals surface area (Å²) in [7, 11) is 1.64. The van der Waals surface area contributed by atoms with Crippen molar-refractivity contribution >= 4 is 11.0 Å². The monoisotopic (exact) mass is 365 g/mol. The van der Waals surface area contributed by atoms with Crippen LogP contribution in [0, 0.1) is 0 Å². The van der Waals surface area contributed by atoms with Gasteiger partial charge in [-0.3, -0.25) is 4.90 Å². The van der Waals surface area contributed by atoms with Crippen molar-refractivity contribution in [2.75, 3.05) is 13.8 Å². The molecule has 0 aliphatic carbocycles. The van der Waals surface area contributed by atoms with Crippen molar-refractivity contribution < 1.29 is 13.9 Å². The van der Waals surface area contributed by atoms with Gasteiger partial charge in [0, 0.05) is 24.0 Å². The number of hydrogen-bond donors (Lipinski definition) is 0. The molecule has 1 aliphatic heterocycles. The molecule has 1 atom stereocenters. The van der Waals surface area contributed by atoms with Crippen LogP contribution in [0.2, 0.25) is 0 Å². The minimum absolute atomic E-state index is 0.359. The van der Waals surface area contributed by atoms with Crippen molar-refractivity contribution in [1.29, 1.82) is 0 Å². The van der Waals surface area contributed by atoms with Crippen LogP contribution in [-0.4, -0.2) is 24.8 Å².